The molecule has 3 amide bonds. The van der Waals surface area contributed by atoms with E-state index in [4.69, 9.17) is 5.73 Å². The largest absolute Gasteiger partial charge is 0.370 e. The molecule has 170 valence electrons. The highest BCUT2D eigenvalue weighted by molar-refractivity contribution is 8.00. The van der Waals surface area contributed by atoms with Crippen molar-refractivity contribution >= 4 is 29.5 Å². The molecule has 0 aromatic heterocycles. The van der Waals surface area contributed by atoms with Gasteiger partial charge in [0.2, 0.25) is 17.7 Å². The molecule has 30 heavy (non-hydrogen) atoms. The van der Waals surface area contributed by atoms with Gasteiger partial charge in [-0.2, -0.15) is 11.8 Å². The fourth-order valence-electron chi connectivity index (χ4n) is 3.64. The van der Waals surface area contributed by atoms with E-state index in [2.05, 4.69) is 16.2 Å². The Morgan fingerprint density at radius 3 is 2.40 bits per heavy atom. The number of amides is 3. The van der Waals surface area contributed by atoms with Crippen molar-refractivity contribution < 1.29 is 19.5 Å². The molecular weight excluding hydrogens is 406 g/mol. The number of aliphatic hydroxyl groups is 1. The molecule has 2 aliphatic rings. The Hall–Kier alpha value is -1.62. The van der Waals surface area contributed by atoms with Gasteiger partial charge in [-0.05, 0) is 38.8 Å². The Morgan fingerprint density at radius 2 is 1.83 bits per heavy atom. The number of nitrogens with two attached hydrogens (primary N) is 1. The maximum absolute atomic E-state index is 11.9. The first-order valence-corrected chi connectivity index (χ1v) is 11.8. The van der Waals surface area contributed by atoms with Crippen LogP contribution in [0.4, 0.5) is 0 Å². The van der Waals surface area contributed by atoms with E-state index >= 15 is 0 Å². The number of likely N-dealkylation sites (N-methyl/N-ethyl adjacent to an activating group) is 1. The van der Waals surface area contributed by atoms with Crippen LogP contribution in [-0.4, -0.2) is 70.6 Å². The van der Waals surface area contributed by atoms with Crippen molar-refractivity contribution in [3.05, 3.63) is 12.2 Å². The SMILES string of the molecule is CNC1CSC(CCCCC(=O)NNC(=O)CCCCCN2C(=O)C=CC2O)C1N. The molecule has 9 nitrogen and oxygen atoms in total. The van der Waals surface area contributed by atoms with Crippen LogP contribution in [0.2, 0.25) is 0 Å². The Morgan fingerprint density at radius 1 is 1.17 bits per heavy atom. The molecular formula is C20H35N5O4S. The smallest absolute Gasteiger partial charge is 0.248 e. The summed E-state index contributed by atoms with van der Waals surface area (Å²) >= 11 is 1.89. The molecule has 1 saturated heterocycles. The number of thioether (sulfide) groups is 1. The minimum Gasteiger partial charge on any atom is -0.370 e. The molecule has 6 N–H and O–H groups in total. The highest BCUT2D eigenvalue weighted by atomic mass is 32.2. The molecule has 0 spiro atoms. The lowest BCUT2D eigenvalue weighted by Gasteiger charge is -2.20. The number of carbonyl (C=O) groups excluding carboxylic acids is 3. The molecule has 0 radical (unpaired) electrons. The van der Waals surface area contributed by atoms with E-state index in [1.807, 2.05) is 18.8 Å². The summed E-state index contributed by atoms with van der Waals surface area (Å²) in [5, 5.41) is 13.3. The monoisotopic (exact) mass is 441 g/mol. The highest BCUT2D eigenvalue weighted by Gasteiger charge is 2.32. The summed E-state index contributed by atoms with van der Waals surface area (Å²) in [6, 6.07) is 0.524. The van der Waals surface area contributed by atoms with Gasteiger partial charge in [-0.25, -0.2) is 0 Å². The summed E-state index contributed by atoms with van der Waals surface area (Å²) in [6.07, 6.45) is 7.49. The topological polar surface area (TPSA) is 137 Å². The fourth-order valence-corrected chi connectivity index (χ4v) is 5.23. The summed E-state index contributed by atoms with van der Waals surface area (Å²) in [7, 11) is 1.94. The highest BCUT2D eigenvalue weighted by Crippen LogP contribution is 2.29. The second-order valence-electron chi connectivity index (χ2n) is 7.80. The van der Waals surface area contributed by atoms with Crippen LogP contribution in [0.5, 0.6) is 0 Å². The number of rotatable bonds is 12. The normalized spacial score (nSPS) is 25.7. The molecule has 4 unspecified atom stereocenters. The zero-order valence-electron chi connectivity index (χ0n) is 17.6. The van der Waals surface area contributed by atoms with Gasteiger partial charge in [-0.3, -0.25) is 25.2 Å². The third-order valence-electron chi connectivity index (χ3n) is 5.55. The number of carbonyl (C=O) groups is 3. The lowest BCUT2D eigenvalue weighted by Crippen LogP contribution is -2.45. The summed E-state index contributed by atoms with van der Waals surface area (Å²) in [5.41, 5.74) is 11.1. The first kappa shape index (κ1) is 24.6. The van der Waals surface area contributed by atoms with E-state index in [1.54, 1.807) is 0 Å². The first-order valence-electron chi connectivity index (χ1n) is 10.7. The van der Waals surface area contributed by atoms with Crippen LogP contribution >= 0.6 is 11.8 Å². The third-order valence-corrected chi connectivity index (χ3v) is 7.08. The molecule has 0 aliphatic carbocycles. The molecule has 0 aromatic rings. The van der Waals surface area contributed by atoms with Gasteiger partial charge >= 0.3 is 0 Å². The van der Waals surface area contributed by atoms with Crippen molar-refractivity contribution in [2.24, 2.45) is 5.73 Å². The number of aliphatic hydroxyl groups excluding tert-OH is 1. The van der Waals surface area contributed by atoms with Gasteiger partial charge in [0.05, 0.1) is 0 Å². The minimum atomic E-state index is -0.838. The van der Waals surface area contributed by atoms with Crippen LogP contribution < -0.4 is 21.9 Å². The van der Waals surface area contributed by atoms with E-state index < -0.39 is 6.23 Å². The average molecular weight is 442 g/mol. The predicted molar refractivity (Wildman–Crippen MR) is 117 cm³/mol. The molecule has 0 aromatic carbocycles. The standard InChI is InChI=1S/C20H35N5O4S/c1-22-14-13-30-15(20(14)21)7-4-5-9-17(27)24-23-16(26)8-3-2-6-12-25-18(28)10-11-19(25)29/h10-11,14-15,18,20,22,28H,2-9,12-13,21H2,1H3,(H,23,26)(H,24,27). The van der Waals surface area contributed by atoms with Crippen molar-refractivity contribution in [3.63, 3.8) is 0 Å². The molecule has 2 heterocycles. The quantitative estimate of drug-likeness (QED) is 0.212. The van der Waals surface area contributed by atoms with Crippen molar-refractivity contribution in [3.8, 4) is 0 Å². The Balaban J connectivity index is 1.44. The van der Waals surface area contributed by atoms with E-state index in [0.717, 1.165) is 31.4 Å². The third kappa shape index (κ3) is 7.90. The average Bonchev–Trinajstić information content (AvgIpc) is 3.25. The van der Waals surface area contributed by atoms with Gasteiger partial charge in [-0.1, -0.05) is 12.8 Å². The number of hydrogen-bond acceptors (Lipinski definition) is 7. The predicted octanol–water partition coefficient (Wildman–Crippen LogP) is 0.00210. The van der Waals surface area contributed by atoms with Crippen LogP contribution in [0, 0.1) is 0 Å². The van der Waals surface area contributed by atoms with Crippen LogP contribution in [0.3, 0.4) is 0 Å². The van der Waals surface area contributed by atoms with Gasteiger partial charge in [0.25, 0.3) is 0 Å². The lowest BCUT2D eigenvalue weighted by atomic mass is 10.0. The summed E-state index contributed by atoms with van der Waals surface area (Å²) in [5.74, 6) is 0.433. The number of hydrogen-bond donors (Lipinski definition) is 5. The van der Waals surface area contributed by atoms with Crippen LogP contribution in [0.15, 0.2) is 12.2 Å². The van der Waals surface area contributed by atoms with Gasteiger partial charge in [-0.15, -0.1) is 0 Å². The molecule has 1 fully saturated rings. The van der Waals surface area contributed by atoms with E-state index in [9.17, 15) is 19.5 Å². The van der Waals surface area contributed by atoms with Crippen molar-refractivity contribution in [2.45, 2.75) is 74.9 Å². The minimum absolute atomic E-state index is 0.158. The van der Waals surface area contributed by atoms with Gasteiger partial charge in [0.1, 0.15) is 6.23 Å². The molecule has 0 saturated carbocycles. The van der Waals surface area contributed by atoms with Crippen LogP contribution in [-0.2, 0) is 14.4 Å². The molecule has 4 atom stereocenters. The van der Waals surface area contributed by atoms with E-state index in [-0.39, 0.29) is 23.8 Å². The van der Waals surface area contributed by atoms with Crippen LogP contribution in [0.25, 0.3) is 0 Å². The molecule has 10 heteroatoms. The van der Waals surface area contributed by atoms with Gasteiger partial charge < -0.3 is 21.1 Å². The summed E-state index contributed by atoms with van der Waals surface area (Å²) < 4.78 is 0. The first-order chi connectivity index (χ1) is 14.4. The molecule has 2 aliphatic heterocycles. The van der Waals surface area contributed by atoms with Crippen molar-refractivity contribution in [2.75, 3.05) is 19.3 Å². The number of nitrogens with one attached hydrogen (secondary N) is 3. The summed E-state index contributed by atoms with van der Waals surface area (Å²) in [6.45, 7) is 0.464. The van der Waals surface area contributed by atoms with Crippen molar-refractivity contribution in [1.82, 2.24) is 21.1 Å². The van der Waals surface area contributed by atoms with Crippen molar-refractivity contribution in [1.29, 1.82) is 0 Å². The molecule has 2 rings (SSSR count). The number of hydrazine groups is 1. The Labute approximate surface area is 182 Å². The maximum atomic E-state index is 11.9. The fraction of sp³-hybridized carbons (Fsp3) is 0.750. The van der Waals surface area contributed by atoms with Gasteiger partial charge in [0, 0.05) is 48.5 Å². The number of nitrogens with zero attached hydrogens (tertiary/aromatic N) is 1. The maximum Gasteiger partial charge on any atom is 0.248 e. The second kappa shape index (κ2) is 12.9. The molecule has 0 bridgehead atoms. The zero-order chi connectivity index (χ0) is 21.9. The zero-order valence-corrected chi connectivity index (χ0v) is 18.5. The Bertz CT molecular complexity index is 618. The van der Waals surface area contributed by atoms with Crippen LogP contribution in [0.1, 0.15) is 51.4 Å². The van der Waals surface area contributed by atoms with E-state index in [0.29, 0.717) is 43.5 Å². The number of unbranched alkanes of at least 4 members (excludes halogenated alkanes) is 3. The second-order valence-corrected chi connectivity index (χ2v) is 9.07. The lowest BCUT2D eigenvalue weighted by molar-refractivity contribution is -0.131. The van der Waals surface area contributed by atoms with Gasteiger partial charge in [0.15, 0.2) is 0 Å². The van der Waals surface area contributed by atoms with E-state index in [1.165, 1.54) is 17.1 Å². The summed E-state index contributed by atoms with van der Waals surface area (Å²) in [4.78, 5) is 36.5. The Kier molecular flexibility index (Phi) is 10.6.